The van der Waals surface area contributed by atoms with E-state index in [9.17, 15) is 22.0 Å². The first-order valence-electron chi connectivity index (χ1n) is 8.20. The molecule has 3 N–H and O–H groups in total. The van der Waals surface area contributed by atoms with E-state index < -0.39 is 21.7 Å². The van der Waals surface area contributed by atoms with E-state index in [1.807, 2.05) is 0 Å². The molecule has 3 aromatic rings. The molecule has 8 heteroatoms. The third-order valence-corrected chi connectivity index (χ3v) is 5.52. The first kappa shape index (κ1) is 19.7. The van der Waals surface area contributed by atoms with Gasteiger partial charge in [-0.1, -0.05) is 30.3 Å². The summed E-state index contributed by atoms with van der Waals surface area (Å²) in [5.74, 6) is -2.05. The predicted octanol–water partition coefficient (Wildman–Crippen LogP) is 3.21. The molecule has 3 aromatic carbocycles. The van der Waals surface area contributed by atoms with Crippen LogP contribution in [0.3, 0.4) is 0 Å². The quantitative estimate of drug-likeness (QED) is 0.664. The fraction of sp³-hybridized carbons (Fsp3) is 0.0500. The smallest absolute Gasteiger partial charge is 0.251 e. The summed E-state index contributed by atoms with van der Waals surface area (Å²) in [6, 6.07) is 15.6. The van der Waals surface area contributed by atoms with Crippen LogP contribution < -0.4 is 10.5 Å². The number of carbonyl (C=O) groups is 1. The van der Waals surface area contributed by atoms with Gasteiger partial charge in [-0.3, -0.25) is 4.79 Å². The molecule has 0 unspecified atom stereocenters. The molecular weight excluding hydrogens is 386 g/mol. The van der Waals surface area contributed by atoms with Crippen LogP contribution in [-0.4, -0.2) is 14.3 Å². The van der Waals surface area contributed by atoms with Crippen LogP contribution >= 0.6 is 0 Å². The van der Waals surface area contributed by atoms with Gasteiger partial charge in [-0.15, -0.1) is 0 Å². The molecule has 1 amide bonds. The van der Waals surface area contributed by atoms with E-state index in [2.05, 4.69) is 4.72 Å². The molecule has 0 aliphatic carbocycles. The molecule has 0 bridgehead atoms. The summed E-state index contributed by atoms with van der Waals surface area (Å²) in [4.78, 5) is 11.2. The van der Waals surface area contributed by atoms with Crippen LogP contribution in [0.5, 0.6) is 0 Å². The van der Waals surface area contributed by atoms with Gasteiger partial charge in [0.25, 0.3) is 5.91 Å². The van der Waals surface area contributed by atoms with E-state index in [0.29, 0.717) is 5.56 Å². The lowest BCUT2D eigenvalue weighted by atomic mass is 10.1. The maximum Gasteiger partial charge on any atom is 0.251 e. The second-order valence-electron chi connectivity index (χ2n) is 6.03. The lowest BCUT2D eigenvalue weighted by molar-refractivity contribution is 0.0996. The van der Waals surface area contributed by atoms with Gasteiger partial charge in [0.05, 0.1) is 10.5 Å². The highest BCUT2D eigenvalue weighted by molar-refractivity contribution is 7.89. The highest BCUT2D eigenvalue weighted by atomic mass is 32.2. The third kappa shape index (κ3) is 4.41. The fourth-order valence-electron chi connectivity index (χ4n) is 2.60. The number of hydrogen-bond acceptors (Lipinski definition) is 3. The van der Waals surface area contributed by atoms with E-state index in [-0.39, 0.29) is 22.8 Å². The van der Waals surface area contributed by atoms with Gasteiger partial charge in [0, 0.05) is 6.54 Å². The van der Waals surface area contributed by atoms with Crippen LogP contribution in [-0.2, 0) is 16.6 Å². The Labute approximate surface area is 160 Å². The molecule has 28 heavy (non-hydrogen) atoms. The van der Waals surface area contributed by atoms with Gasteiger partial charge in [0.15, 0.2) is 0 Å². The number of amides is 1. The second kappa shape index (κ2) is 7.87. The number of hydrogen-bond donors (Lipinski definition) is 2. The molecular formula is C20H16F2N2O3S. The molecule has 0 fully saturated rings. The van der Waals surface area contributed by atoms with E-state index >= 15 is 0 Å². The molecule has 0 aromatic heterocycles. The fourth-order valence-corrected chi connectivity index (χ4v) is 3.62. The molecule has 0 aliphatic heterocycles. The van der Waals surface area contributed by atoms with Crippen molar-refractivity contribution in [3.63, 3.8) is 0 Å². The van der Waals surface area contributed by atoms with Gasteiger partial charge in [0.1, 0.15) is 11.6 Å². The number of nitrogens with two attached hydrogens (primary N) is 1. The lowest BCUT2D eigenvalue weighted by Gasteiger charge is -2.09. The number of halogens is 2. The molecule has 3 rings (SSSR count). The summed E-state index contributed by atoms with van der Waals surface area (Å²) in [5.41, 5.74) is 6.67. The summed E-state index contributed by atoms with van der Waals surface area (Å²) in [6.07, 6.45) is 0. The molecule has 5 nitrogen and oxygen atoms in total. The van der Waals surface area contributed by atoms with Gasteiger partial charge in [-0.05, 0) is 53.1 Å². The Balaban J connectivity index is 1.75. The highest BCUT2D eigenvalue weighted by Crippen LogP contribution is 2.22. The van der Waals surface area contributed by atoms with Crippen molar-refractivity contribution in [3.8, 4) is 11.1 Å². The Morgan fingerprint density at radius 3 is 2.04 bits per heavy atom. The number of sulfonamides is 1. The van der Waals surface area contributed by atoms with Crippen molar-refractivity contribution in [2.75, 3.05) is 0 Å². The maximum absolute atomic E-state index is 13.5. The Bertz CT molecular complexity index is 1110. The summed E-state index contributed by atoms with van der Waals surface area (Å²) in [7, 11) is -3.83. The van der Waals surface area contributed by atoms with Gasteiger partial charge in [-0.2, -0.15) is 0 Å². The van der Waals surface area contributed by atoms with Crippen molar-refractivity contribution in [2.24, 2.45) is 5.73 Å². The lowest BCUT2D eigenvalue weighted by Crippen LogP contribution is -2.23. The van der Waals surface area contributed by atoms with E-state index in [1.54, 1.807) is 24.3 Å². The highest BCUT2D eigenvalue weighted by Gasteiger charge is 2.15. The zero-order valence-corrected chi connectivity index (χ0v) is 15.3. The van der Waals surface area contributed by atoms with Gasteiger partial charge in [0.2, 0.25) is 10.0 Å². The van der Waals surface area contributed by atoms with Crippen LogP contribution in [0.25, 0.3) is 11.1 Å². The molecule has 0 heterocycles. The van der Waals surface area contributed by atoms with Gasteiger partial charge < -0.3 is 5.73 Å². The number of carbonyl (C=O) groups excluding carboxylic acids is 1. The van der Waals surface area contributed by atoms with Gasteiger partial charge >= 0.3 is 0 Å². The van der Waals surface area contributed by atoms with Crippen molar-refractivity contribution in [1.29, 1.82) is 0 Å². The first-order chi connectivity index (χ1) is 13.3. The number of benzene rings is 3. The average molecular weight is 402 g/mol. The van der Waals surface area contributed by atoms with Crippen LogP contribution in [0.15, 0.2) is 71.6 Å². The first-order valence-corrected chi connectivity index (χ1v) is 9.68. The predicted molar refractivity (Wildman–Crippen MR) is 101 cm³/mol. The monoisotopic (exact) mass is 402 g/mol. The molecule has 0 spiro atoms. The maximum atomic E-state index is 13.5. The Morgan fingerprint density at radius 2 is 1.46 bits per heavy atom. The van der Waals surface area contributed by atoms with E-state index in [1.165, 1.54) is 36.4 Å². The number of rotatable bonds is 6. The molecule has 144 valence electrons. The largest absolute Gasteiger partial charge is 0.366 e. The van der Waals surface area contributed by atoms with Crippen molar-refractivity contribution in [2.45, 2.75) is 11.4 Å². The zero-order chi connectivity index (χ0) is 20.3. The van der Waals surface area contributed by atoms with E-state index in [4.69, 9.17) is 5.73 Å². The molecule has 0 saturated carbocycles. The van der Waals surface area contributed by atoms with E-state index in [0.717, 1.165) is 17.2 Å². The van der Waals surface area contributed by atoms with Crippen molar-refractivity contribution < 1.29 is 22.0 Å². The molecule has 0 atom stereocenters. The molecule has 0 radical (unpaired) electrons. The Kier molecular flexibility index (Phi) is 5.53. The molecule has 0 saturated heterocycles. The second-order valence-corrected chi connectivity index (χ2v) is 7.80. The number of primary amides is 1. The molecule has 0 aliphatic rings. The Morgan fingerprint density at radius 1 is 0.893 bits per heavy atom. The summed E-state index contributed by atoms with van der Waals surface area (Å²) < 4.78 is 53.8. The SMILES string of the molecule is NC(=O)c1cc(CNS(=O)(=O)c2ccc(-c3ccc(F)cc3)cc2)ccc1F. The average Bonchev–Trinajstić information content (AvgIpc) is 2.68. The third-order valence-electron chi connectivity index (χ3n) is 4.10. The van der Waals surface area contributed by atoms with Crippen molar-refractivity contribution in [3.05, 3.63) is 89.5 Å². The van der Waals surface area contributed by atoms with Crippen molar-refractivity contribution in [1.82, 2.24) is 4.72 Å². The van der Waals surface area contributed by atoms with Gasteiger partial charge in [-0.25, -0.2) is 21.9 Å². The normalized spacial score (nSPS) is 11.4. The number of nitrogens with one attached hydrogen (secondary N) is 1. The van der Waals surface area contributed by atoms with Crippen LogP contribution in [0, 0.1) is 11.6 Å². The standard InChI is InChI=1S/C20H16F2N2O3S/c21-16-6-2-14(3-7-16)15-4-8-17(9-5-15)28(26,27)24-12-13-1-10-19(22)18(11-13)20(23)25/h1-11,24H,12H2,(H2,23,25). The summed E-state index contributed by atoms with van der Waals surface area (Å²) in [6.45, 7) is -0.136. The minimum atomic E-state index is -3.83. The summed E-state index contributed by atoms with van der Waals surface area (Å²) >= 11 is 0. The van der Waals surface area contributed by atoms with Crippen LogP contribution in [0.4, 0.5) is 8.78 Å². The van der Waals surface area contributed by atoms with Crippen LogP contribution in [0.1, 0.15) is 15.9 Å². The summed E-state index contributed by atoms with van der Waals surface area (Å²) in [5, 5.41) is 0. The zero-order valence-electron chi connectivity index (χ0n) is 14.5. The van der Waals surface area contributed by atoms with Crippen molar-refractivity contribution >= 4 is 15.9 Å². The van der Waals surface area contributed by atoms with Crippen LogP contribution in [0.2, 0.25) is 0 Å². The Hall–Kier alpha value is -3.10. The minimum absolute atomic E-state index is 0.0376. The topological polar surface area (TPSA) is 89.3 Å². The minimum Gasteiger partial charge on any atom is -0.366 e.